The van der Waals surface area contributed by atoms with Crippen LogP contribution in [0.1, 0.15) is 25.3 Å². The maximum Gasteiger partial charge on any atom is 0.0758 e. The Morgan fingerprint density at radius 1 is 1.32 bits per heavy atom. The second kappa shape index (κ2) is 5.35. The Morgan fingerprint density at radius 2 is 2.21 bits per heavy atom. The third-order valence-corrected chi connectivity index (χ3v) is 3.94. The minimum absolute atomic E-state index is 0.374. The lowest BCUT2D eigenvalue weighted by Crippen LogP contribution is -2.15. The van der Waals surface area contributed by atoms with Crippen molar-refractivity contribution < 1.29 is 4.74 Å². The first-order valence-corrected chi connectivity index (χ1v) is 7.14. The maximum atomic E-state index is 5.93. The predicted octanol–water partition coefficient (Wildman–Crippen LogP) is 2.93. The molecule has 1 aromatic heterocycles. The lowest BCUT2D eigenvalue weighted by molar-refractivity contribution is 0.0465. The average Bonchev–Trinajstić information content (AvgIpc) is 2.98. The lowest BCUT2D eigenvalue weighted by Gasteiger charge is -2.13. The summed E-state index contributed by atoms with van der Waals surface area (Å²) >= 11 is 0. The number of nitrogens with zero attached hydrogens (tertiary/aromatic N) is 1. The Kier molecular flexibility index (Phi) is 3.58. The summed E-state index contributed by atoms with van der Waals surface area (Å²) in [6.07, 6.45) is 5.34. The number of hydrogen-bond acceptors (Lipinski definition) is 2. The molecule has 1 saturated heterocycles. The molecule has 2 aromatic rings. The average molecular weight is 258 g/mol. The highest BCUT2D eigenvalue weighted by molar-refractivity contribution is 5.80. The van der Waals surface area contributed by atoms with Gasteiger partial charge in [0.15, 0.2) is 0 Å². The number of nitrogens with one attached hydrogen (secondary N) is 1. The largest absolute Gasteiger partial charge is 0.373 e. The molecule has 0 spiro atoms. The third-order valence-electron chi connectivity index (χ3n) is 3.94. The van der Waals surface area contributed by atoms with E-state index in [0.717, 1.165) is 13.1 Å². The van der Waals surface area contributed by atoms with Crippen LogP contribution in [-0.2, 0) is 17.8 Å². The van der Waals surface area contributed by atoms with E-state index in [9.17, 15) is 0 Å². The van der Waals surface area contributed by atoms with Gasteiger partial charge in [0.1, 0.15) is 0 Å². The van der Waals surface area contributed by atoms with Gasteiger partial charge in [0.2, 0.25) is 0 Å². The zero-order chi connectivity index (χ0) is 13.2. The van der Waals surface area contributed by atoms with Crippen LogP contribution in [-0.4, -0.2) is 23.8 Å². The molecule has 1 aliphatic heterocycles. The first kappa shape index (κ1) is 12.7. The van der Waals surface area contributed by atoms with Gasteiger partial charge in [-0.2, -0.15) is 0 Å². The molecule has 1 N–H and O–H groups in total. The molecule has 1 aromatic carbocycles. The van der Waals surface area contributed by atoms with E-state index in [4.69, 9.17) is 4.74 Å². The van der Waals surface area contributed by atoms with Gasteiger partial charge in [-0.05, 0) is 49.9 Å². The van der Waals surface area contributed by atoms with Gasteiger partial charge in [-0.1, -0.05) is 12.1 Å². The summed E-state index contributed by atoms with van der Waals surface area (Å²) < 4.78 is 8.26. The second-order valence-electron chi connectivity index (χ2n) is 5.54. The first-order chi connectivity index (χ1) is 9.26. The minimum atomic E-state index is 0.374. The van der Waals surface area contributed by atoms with Gasteiger partial charge in [0.25, 0.3) is 0 Å². The zero-order valence-corrected chi connectivity index (χ0v) is 11.7. The van der Waals surface area contributed by atoms with Crippen LogP contribution in [0.2, 0.25) is 0 Å². The normalized spacial score (nSPS) is 23.3. The van der Waals surface area contributed by atoms with Crippen molar-refractivity contribution in [2.45, 2.75) is 45.1 Å². The fourth-order valence-corrected chi connectivity index (χ4v) is 2.94. The zero-order valence-electron chi connectivity index (χ0n) is 11.7. The second-order valence-corrected chi connectivity index (χ2v) is 5.54. The molecule has 0 amide bonds. The van der Waals surface area contributed by atoms with E-state index in [0.29, 0.717) is 12.2 Å². The van der Waals surface area contributed by atoms with Crippen molar-refractivity contribution in [2.24, 2.45) is 0 Å². The summed E-state index contributed by atoms with van der Waals surface area (Å²) in [5, 5.41) is 4.52. The summed E-state index contributed by atoms with van der Waals surface area (Å²) in [5.41, 5.74) is 2.64. The molecule has 0 aliphatic carbocycles. The summed E-state index contributed by atoms with van der Waals surface area (Å²) in [5.74, 6) is 0. The third kappa shape index (κ3) is 2.67. The molecule has 19 heavy (non-hydrogen) atoms. The Labute approximate surface area is 114 Å². The van der Waals surface area contributed by atoms with Gasteiger partial charge in [-0.15, -0.1) is 0 Å². The number of hydrogen-bond donors (Lipinski definition) is 1. The number of rotatable bonds is 4. The van der Waals surface area contributed by atoms with Crippen molar-refractivity contribution in [3.8, 4) is 0 Å². The summed E-state index contributed by atoms with van der Waals surface area (Å²) in [4.78, 5) is 0. The van der Waals surface area contributed by atoms with Gasteiger partial charge >= 0.3 is 0 Å². The number of aromatic nitrogens is 1. The van der Waals surface area contributed by atoms with Crippen LogP contribution in [0.3, 0.4) is 0 Å². The van der Waals surface area contributed by atoms with Crippen molar-refractivity contribution in [2.75, 3.05) is 7.05 Å². The van der Waals surface area contributed by atoms with Crippen LogP contribution in [0.15, 0.2) is 30.5 Å². The maximum absolute atomic E-state index is 5.93. The molecule has 0 saturated carbocycles. The Bertz CT molecular complexity index is 561. The standard InChI is InChI=1S/C16H22N2O/c1-12-3-6-15(19-12)11-18-8-7-14-5-4-13(10-17-2)9-16(14)18/h4-5,7-9,12,15,17H,3,6,10-11H2,1-2H3. The van der Waals surface area contributed by atoms with E-state index in [1.165, 1.54) is 29.3 Å². The van der Waals surface area contributed by atoms with Crippen molar-refractivity contribution in [1.82, 2.24) is 9.88 Å². The van der Waals surface area contributed by atoms with E-state index in [1.54, 1.807) is 0 Å². The molecule has 0 bridgehead atoms. The van der Waals surface area contributed by atoms with Gasteiger partial charge in [0, 0.05) is 24.8 Å². The van der Waals surface area contributed by atoms with Gasteiger partial charge in [0.05, 0.1) is 12.2 Å². The van der Waals surface area contributed by atoms with Crippen molar-refractivity contribution in [1.29, 1.82) is 0 Å². The van der Waals surface area contributed by atoms with Crippen molar-refractivity contribution in [3.05, 3.63) is 36.0 Å². The topological polar surface area (TPSA) is 26.2 Å². The fourth-order valence-electron chi connectivity index (χ4n) is 2.94. The highest BCUT2D eigenvalue weighted by atomic mass is 16.5. The van der Waals surface area contributed by atoms with E-state index in [-0.39, 0.29) is 0 Å². The highest BCUT2D eigenvalue weighted by Gasteiger charge is 2.22. The summed E-state index contributed by atoms with van der Waals surface area (Å²) in [7, 11) is 1.98. The molecule has 1 fully saturated rings. The summed E-state index contributed by atoms with van der Waals surface area (Å²) in [6.45, 7) is 4.05. The van der Waals surface area contributed by atoms with Crippen LogP contribution in [0.4, 0.5) is 0 Å². The highest BCUT2D eigenvalue weighted by Crippen LogP contribution is 2.23. The Morgan fingerprint density at radius 3 is 2.95 bits per heavy atom. The number of fused-ring (bicyclic) bond motifs is 1. The SMILES string of the molecule is CNCc1ccc2ccn(CC3CCC(C)O3)c2c1. The fraction of sp³-hybridized carbons (Fsp3) is 0.500. The smallest absolute Gasteiger partial charge is 0.0758 e. The molecule has 3 heteroatoms. The van der Waals surface area contributed by atoms with E-state index in [2.05, 4.69) is 47.3 Å². The molecule has 2 atom stereocenters. The van der Waals surface area contributed by atoms with Gasteiger partial charge < -0.3 is 14.6 Å². The van der Waals surface area contributed by atoms with Crippen molar-refractivity contribution in [3.63, 3.8) is 0 Å². The van der Waals surface area contributed by atoms with Crippen LogP contribution >= 0.6 is 0 Å². The van der Waals surface area contributed by atoms with E-state index >= 15 is 0 Å². The van der Waals surface area contributed by atoms with E-state index in [1.807, 2.05) is 7.05 Å². The monoisotopic (exact) mass is 258 g/mol. The van der Waals surface area contributed by atoms with Crippen LogP contribution in [0.5, 0.6) is 0 Å². The Hall–Kier alpha value is -1.32. The number of ether oxygens (including phenoxy) is 1. The van der Waals surface area contributed by atoms with Crippen LogP contribution in [0, 0.1) is 0 Å². The molecule has 2 unspecified atom stereocenters. The van der Waals surface area contributed by atoms with Gasteiger partial charge in [-0.3, -0.25) is 0 Å². The quantitative estimate of drug-likeness (QED) is 0.912. The molecule has 1 aliphatic rings. The van der Waals surface area contributed by atoms with Crippen molar-refractivity contribution >= 4 is 10.9 Å². The molecule has 3 nitrogen and oxygen atoms in total. The Balaban J connectivity index is 1.84. The van der Waals surface area contributed by atoms with Gasteiger partial charge in [-0.25, -0.2) is 0 Å². The minimum Gasteiger partial charge on any atom is -0.373 e. The van der Waals surface area contributed by atoms with Crippen LogP contribution < -0.4 is 5.32 Å². The number of benzene rings is 1. The molecule has 0 radical (unpaired) electrons. The molecule has 3 rings (SSSR count). The van der Waals surface area contributed by atoms with Crippen LogP contribution in [0.25, 0.3) is 10.9 Å². The van der Waals surface area contributed by atoms with E-state index < -0.39 is 0 Å². The molecule has 2 heterocycles. The molecule has 102 valence electrons. The first-order valence-electron chi connectivity index (χ1n) is 7.14. The lowest BCUT2D eigenvalue weighted by atomic mass is 10.1. The summed E-state index contributed by atoms with van der Waals surface area (Å²) in [6, 6.07) is 8.87. The molecular formula is C16H22N2O. The predicted molar refractivity (Wildman–Crippen MR) is 78.3 cm³/mol. The molecular weight excluding hydrogens is 236 g/mol.